The normalized spacial score (nSPS) is 11.3. The summed E-state index contributed by atoms with van der Waals surface area (Å²) in [7, 11) is 0. The van der Waals surface area contributed by atoms with Crippen LogP contribution in [0.3, 0.4) is 0 Å². The molecule has 4 nitrogen and oxygen atoms in total. The highest BCUT2D eigenvalue weighted by molar-refractivity contribution is 7.99. The first kappa shape index (κ1) is 20.9. The number of para-hydroxylation sites is 1. The van der Waals surface area contributed by atoms with Crippen molar-refractivity contribution in [1.82, 2.24) is 9.97 Å². The fraction of sp³-hybridized carbons (Fsp3) is 0.190. The standard InChI is InChI=1S/C21H18F3N3OS/c1-2-27(16-11-7-4-8-12-16)19(28)14-29-20-25-17(15-9-5-3-6-10-15)13-18(26-20)21(22,23)24/h3-13H,2,14H2,1H3. The first-order valence-electron chi connectivity index (χ1n) is 8.88. The summed E-state index contributed by atoms with van der Waals surface area (Å²) in [5, 5.41) is -0.0869. The van der Waals surface area contributed by atoms with Gasteiger partial charge >= 0.3 is 6.18 Å². The van der Waals surface area contributed by atoms with Gasteiger partial charge in [-0.15, -0.1) is 0 Å². The third-order valence-electron chi connectivity index (χ3n) is 4.08. The van der Waals surface area contributed by atoms with Crippen molar-refractivity contribution in [2.45, 2.75) is 18.3 Å². The first-order valence-corrected chi connectivity index (χ1v) is 9.87. The average molecular weight is 417 g/mol. The molecular formula is C21H18F3N3OS. The molecule has 0 radical (unpaired) electrons. The number of hydrogen-bond acceptors (Lipinski definition) is 4. The predicted octanol–water partition coefficient (Wildman–Crippen LogP) is 5.31. The molecule has 0 atom stereocenters. The van der Waals surface area contributed by atoms with Crippen LogP contribution in [0.15, 0.2) is 71.9 Å². The van der Waals surface area contributed by atoms with E-state index in [9.17, 15) is 18.0 Å². The Balaban J connectivity index is 1.84. The summed E-state index contributed by atoms with van der Waals surface area (Å²) < 4.78 is 39.9. The second kappa shape index (κ2) is 9.09. The maximum atomic E-state index is 13.3. The smallest absolute Gasteiger partial charge is 0.312 e. The zero-order valence-corrected chi connectivity index (χ0v) is 16.4. The van der Waals surface area contributed by atoms with E-state index < -0.39 is 11.9 Å². The Labute approximate surface area is 170 Å². The summed E-state index contributed by atoms with van der Waals surface area (Å²) in [6.45, 7) is 2.28. The van der Waals surface area contributed by atoms with Gasteiger partial charge in [0.25, 0.3) is 0 Å². The molecule has 0 spiro atoms. The number of aromatic nitrogens is 2. The number of carbonyl (C=O) groups excluding carboxylic acids is 1. The lowest BCUT2D eigenvalue weighted by Gasteiger charge is -2.20. The summed E-state index contributed by atoms with van der Waals surface area (Å²) in [6.07, 6.45) is -4.61. The van der Waals surface area contributed by atoms with E-state index >= 15 is 0 Å². The quantitative estimate of drug-likeness (QED) is 0.403. The van der Waals surface area contributed by atoms with Gasteiger partial charge in [0.2, 0.25) is 5.91 Å². The molecule has 29 heavy (non-hydrogen) atoms. The second-order valence-electron chi connectivity index (χ2n) is 6.05. The van der Waals surface area contributed by atoms with Gasteiger partial charge in [0.05, 0.1) is 11.4 Å². The molecule has 1 amide bonds. The van der Waals surface area contributed by atoms with Crippen molar-refractivity contribution in [3.05, 3.63) is 72.4 Å². The summed E-state index contributed by atoms with van der Waals surface area (Å²) in [5.74, 6) is -0.302. The summed E-state index contributed by atoms with van der Waals surface area (Å²) in [6, 6.07) is 18.6. The number of benzene rings is 2. The molecule has 3 rings (SSSR count). The summed E-state index contributed by atoms with van der Waals surface area (Å²) in [4.78, 5) is 22.0. The number of thioether (sulfide) groups is 1. The topological polar surface area (TPSA) is 46.1 Å². The number of nitrogens with zero attached hydrogens (tertiary/aromatic N) is 3. The number of halogens is 3. The molecule has 2 aromatic carbocycles. The molecule has 0 unspecified atom stereocenters. The third kappa shape index (κ3) is 5.35. The zero-order chi connectivity index (χ0) is 20.9. The van der Waals surface area contributed by atoms with Crippen LogP contribution in [-0.2, 0) is 11.0 Å². The number of carbonyl (C=O) groups is 1. The molecule has 0 N–H and O–H groups in total. The van der Waals surface area contributed by atoms with E-state index in [1.807, 2.05) is 25.1 Å². The Bertz CT molecular complexity index is 966. The van der Waals surface area contributed by atoms with Crippen molar-refractivity contribution in [1.29, 1.82) is 0 Å². The largest absolute Gasteiger partial charge is 0.433 e. The second-order valence-corrected chi connectivity index (χ2v) is 6.99. The molecular weight excluding hydrogens is 399 g/mol. The van der Waals surface area contributed by atoms with E-state index in [1.54, 1.807) is 47.4 Å². The van der Waals surface area contributed by atoms with Crippen LogP contribution in [0.5, 0.6) is 0 Å². The van der Waals surface area contributed by atoms with Crippen LogP contribution in [0.4, 0.5) is 18.9 Å². The SMILES string of the molecule is CCN(C(=O)CSc1nc(-c2ccccc2)cc(C(F)(F)F)n1)c1ccccc1. The lowest BCUT2D eigenvalue weighted by molar-refractivity contribution is -0.141. The van der Waals surface area contributed by atoms with E-state index in [-0.39, 0.29) is 22.5 Å². The van der Waals surface area contributed by atoms with Crippen molar-refractivity contribution >= 4 is 23.4 Å². The predicted molar refractivity (Wildman–Crippen MR) is 108 cm³/mol. The van der Waals surface area contributed by atoms with E-state index in [2.05, 4.69) is 9.97 Å². The highest BCUT2D eigenvalue weighted by atomic mass is 32.2. The minimum absolute atomic E-state index is 0.0712. The third-order valence-corrected chi connectivity index (χ3v) is 4.91. The maximum absolute atomic E-state index is 13.3. The molecule has 0 aliphatic carbocycles. The Morgan fingerprint density at radius 3 is 2.21 bits per heavy atom. The van der Waals surface area contributed by atoms with E-state index in [1.165, 1.54) is 0 Å². The Morgan fingerprint density at radius 2 is 1.62 bits per heavy atom. The molecule has 0 aliphatic rings. The van der Waals surface area contributed by atoms with Crippen molar-refractivity contribution in [3.63, 3.8) is 0 Å². The van der Waals surface area contributed by atoms with E-state index in [0.29, 0.717) is 12.1 Å². The van der Waals surface area contributed by atoms with Crippen LogP contribution in [0.1, 0.15) is 12.6 Å². The van der Waals surface area contributed by atoms with Gasteiger partial charge in [0, 0.05) is 17.8 Å². The summed E-state index contributed by atoms with van der Waals surface area (Å²) in [5.41, 5.74) is 0.415. The van der Waals surface area contributed by atoms with Crippen LogP contribution in [-0.4, -0.2) is 28.2 Å². The molecule has 0 saturated carbocycles. The minimum atomic E-state index is -4.61. The van der Waals surface area contributed by atoms with Crippen LogP contribution in [0, 0.1) is 0 Å². The maximum Gasteiger partial charge on any atom is 0.433 e. The number of alkyl halides is 3. The Morgan fingerprint density at radius 1 is 1.00 bits per heavy atom. The molecule has 8 heteroatoms. The van der Waals surface area contributed by atoms with E-state index in [0.717, 1.165) is 23.5 Å². The molecule has 0 saturated heterocycles. The fourth-order valence-electron chi connectivity index (χ4n) is 2.71. The van der Waals surface area contributed by atoms with Crippen LogP contribution in [0.2, 0.25) is 0 Å². The fourth-order valence-corrected chi connectivity index (χ4v) is 3.44. The van der Waals surface area contributed by atoms with Crippen LogP contribution >= 0.6 is 11.8 Å². The van der Waals surface area contributed by atoms with Crippen LogP contribution < -0.4 is 4.90 Å². The monoisotopic (exact) mass is 417 g/mol. The van der Waals surface area contributed by atoms with Gasteiger partial charge < -0.3 is 4.90 Å². The van der Waals surface area contributed by atoms with Gasteiger partial charge in [-0.25, -0.2) is 9.97 Å². The Hall–Kier alpha value is -2.87. The number of anilines is 1. The van der Waals surface area contributed by atoms with E-state index in [4.69, 9.17) is 0 Å². The average Bonchev–Trinajstić information content (AvgIpc) is 2.73. The number of amides is 1. The minimum Gasteiger partial charge on any atom is -0.312 e. The van der Waals surface area contributed by atoms with Crippen LogP contribution in [0.25, 0.3) is 11.3 Å². The molecule has 3 aromatic rings. The lowest BCUT2D eigenvalue weighted by atomic mass is 10.1. The van der Waals surface area contributed by atoms with Crippen molar-refractivity contribution in [2.24, 2.45) is 0 Å². The number of hydrogen-bond donors (Lipinski definition) is 0. The molecule has 0 fully saturated rings. The molecule has 1 heterocycles. The first-order chi connectivity index (χ1) is 13.9. The van der Waals surface area contributed by atoms with Gasteiger partial charge in [-0.2, -0.15) is 13.2 Å². The molecule has 1 aromatic heterocycles. The van der Waals surface area contributed by atoms with Crippen molar-refractivity contribution in [3.8, 4) is 11.3 Å². The number of rotatable bonds is 6. The van der Waals surface area contributed by atoms with Gasteiger partial charge in [-0.05, 0) is 25.1 Å². The van der Waals surface area contributed by atoms with Gasteiger partial charge in [0.1, 0.15) is 5.69 Å². The highest BCUT2D eigenvalue weighted by Gasteiger charge is 2.34. The molecule has 0 bridgehead atoms. The van der Waals surface area contributed by atoms with Gasteiger partial charge in [-0.1, -0.05) is 60.3 Å². The molecule has 0 aliphatic heterocycles. The Kier molecular flexibility index (Phi) is 6.53. The zero-order valence-electron chi connectivity index (χ0n) is 15.6. The lowest BCUT2D eigenvalue weighted by Crippen LogP contribution is -2.32. The summed E-state index contributed by atoms with van der Waals surface area (Å²) >= 11 is 0.893. The van der Waals surface area contributed by atoms with Gasteiger partial charge in [0.15, 0.2) is 5.16 Å². The van der Waals surface area contributed by atoms with Crippen molar-refractivity contribution in [2.75, 3.05) is 17.2 Å². The van der Waals surface area contributed by atoms with Crippen molar-refractivity contribution < 1.29 is 18.0 Å². The highest BCUT2D eigenvalue weighted by Crippen LogP contribution is 2.32. The van der Waals surface area contributed by atoms with Gasteiger partial charge in [-0.3, -0.25) is 4.79 Å². The molecule has 150 valence electrons.